The summed E-state index contributed by atoms with van der Waals surface area (Å²) in [7, 11) is 1.59. The molecule has 0 aliphatic carbocycles. The first kappa shape index (κ1) is 16.7. The van der Waals surface area contributed by atoms with Gasteiger partial charge < -0.3 is 14.3 Å². The summed E-state index contributed by atoms with van der Waals surface area (Å²) in [5, 5.41) is 1.98. The molecule has 22 heavy (non-hydrogen) atoms. The second-order valence-electron chi connectivity index (χ2n) is 6.17. The van der Waals surface area contributed by atoms with Gasteiger partial charge in [-0.05, 0) is 21.9 Å². The second-order valence-corrected chi connectivity index (χ2v) is 7.05. The first-order valence-corrected chi connectivity index (χ1v) is 8.12. The molecule has 0 bridgehead atoms. The fraction of sp³-hybridized carbons (Fsp3) is 0.389. The van der Waals surface area contributed by atoms with E-state index in [2.05, 4.69) is 45.0 Å². The van der Waals surface area contributed by atoms with Crippen LogP contribution in [-0.4, -0.2) is 20.2 Å². The molecule has 2 rings (SSSR count). The molecule has 0 saturated heterocycles. The summed E-state index contributed by atoms with van der Waals surface area (Å²) in [5.74, 6) is 0.752. The maximum atomic E-state index is 10.8. The lowest BCUT2D eigenvalue weighted by molar-refractivity contribution is -0.107. The highest BCUT2D eigenvalue weighted by Gasteiger charge is 2.17. The molecule has 1 aromatic heterocycles. The zero-order chi connectivity index (χ0) is 16.2. The number of rotatable bonds is 6. The Morgan fingerprint density at radius 2 is 1.86 bits per heavy atom. The quantitative estimate of drug-likeness (QED) is 0.583. The van der Waals surface area contributed by atoms with Gasteiger partial charge in [-0.3, -0.25) is 0 Å². The average molecular weight is 318 g/mol. The van der Waals surface area contributed by atoms with Gasteiger partial charge in [0.15, 0.2) is 6.79 Å². The van der Waals surface area contributed by atoms with Gasteiger partial charge in [0.25, 0.3) is 0 Å². The molecular weight excluding hydrogens is 296 g/mol. The van der Waals surface area contributed by atoms with Crippen molar-refractivity contribution in [2.45, 2.75) is 32.6 Å². The van der Waals surface area contributed by atoms with Gasteiger partial charge >= 0.3 is 0 Å². The summed E-state index contributed by atoms with van der Waals surface area (Å²) in [5.41, 5.74) is 3.43. The van der Waals surface area contributed by atoms with E-state index in [1.165, 1.54) is 5.56 Å². The van der Waals surface area contributed by atoms with Crippen LogP contribution < -0.4 is 4.74 Å². The van der Waals surface area contributed by atoms with Gasteiger partial charge in [0, 0.05) is 19.1 Å². The van der Waals surface area contributed by atoms with E-state index < -0.39 is 0 Å². The molecule has 1 heterocycles. The van der Waals surface area contributed by atoms with E-state index in [-0.39, 0.29) is 12.2 Å². The summed E-state index contributed by atoms with van der Waals surface area (Å²) >= 11 is 1.59. The topological polar surface area (TPSA) is 35.5 Å². The minimum absolute atomic E-state index is 0.131. The lowest BCUT2D eigenvalue weighted by Crippen LogP contribution is -2.10. The Hall–Kier alpha value is -1.65. The highest BCUT2D eigenvalue weighted by molar-refractivity contribution is 7.14. The highest BCUT2D eigenvalue weighted by Crippen LogP contribution is 2.40. The van der Waals surface area contributed by atoms with Crippen molar-refractivity contribution >= 4 is 17.6 Å². The number of carbonyl (C=O) groups is 1. The number of hydrogen-bond donors (Lipinski definition) is 0. The number of ether oxygens (including phenoxy) is 2. The van der Waals surface area contributed by atoms with Crippen LogP contribution in [0.25, 0.3) is 10.4 Å². The number of aldehydes is 1. The molecule has 0 unspecified atom stereocenters. The van der Waals surface area contributed by atoms with E-state index in [9.17, 15) is 4.79 Å². The minimum atomic E-state index is 0.131. The van der Waals surface area contributed by atoms with Crippen LogP contribution >= 0.6 is 11.3 Å². The van der Waals surface area contributed by atoms with Gasteiger partial charge in [0.1, 0.15) is 12.0 Å². The third kappa shape index (κ3) is 3.76. The lowest BCUT2D eigenvalue weighted by atomic mass is 9.86. The zero-order valence-electron chi connectivity index (χ0n) is 13.5. The standard InChI is InChI=1S/C18H22O3S/c1-18(2,3)15-7-5-13(6-8-15)17-16(21-12-20-4)14(9-10-19)11-22-17/h5-8,10-11H,9,12H2,1-4H3. The van der Waals surface area contributed by atoms with Crippen molar-refractivity contribution in [2.24, 2.45) is 0 Å². The second kappa shape index (κ2) is 7.07. The molecule has 1 aromatic carbocycles. The molecule has 0 aliphatic heterocycles. The van der Waals surface area contributed by atoms with Crippen molar-refractivity contribution in [1.82, 2.24) is 0 Å². The van der Waals surface area contributed by atoms with Crippen molar-refractivity contribution in [3.63, 3.8) is 0 Å². The van der Waals surface area contributed by atoms with E-state index in [4.69, 9.17) is 9.47 Å². The van der Waals surface area contributed by atoms with Gasteiger partial charge in [0.2, 0.25) is 0 Å². The molecule has 0 saturated carbocycles. The van der Waals surface area contributed by atoms with E-state index in [1.54, 1.807) is 18.4 Å². The molecule has 3 nitrogen and oxygen atoms in total. The molecule has 0 N–H and O–H groups in total. The monoisotopic (exact) mass is 318 g/mol. The van der Waals surface area contributed by atoms with Crippen molar-refractivity contribution in [1.29, 1.82) is 0 Å². The summed E-state index contributed by atoms with van der Waals surface area (Å²) in [6.07, 6.45) is 1.25. The normalized spacial score (nSPS) is 11.5. The third-order valence-corrected chi connectivity index (χ3v) is 4.51. The minimum Gasteiger partial charge on any atom is -0.466 e. The Morgan fingerprint density at radius 3 is 2.41 bits per heavy atom. The van der Waals surface area contributed by atoms with E-state index in [0.717, 1.165) is 28.0 Å². The summed E-state index contributed by atoms with van der Waals surface area (Å²) in [4.78, 5) is 11.9. The van der Waals surface area contributed by atoms with E-state index >= 15 is 0 Å². The van der Waals surface area contributed by atoms with Crippen LogP contribution in [0.2, 0.25) is 0 Å². The molecule has 118 valence electrons. The predicted octanol–water partition coefficient (Wildman–Crippen LogP) is 4.44. The highest BCUT2D eigenvalue weighted by atomic mass is 32.1. The van der Waals surface area contributed by atoms with Crippen LogP contribution in [0.15, 0.2) is 29.6 Å². The van der Waals surface area contributed by atoms with Crippen LogP contribution in [0.3, 0.4) is 0 Å². The molecule has 0 aliphatic rings. The van der Waals surface area contributed by atoms with Gasteiger partial charge in [-0.25, -0.2) is 0 Å². The summed E-state index contributed by atoms with van der Waals surface area (Å²) in [6.45, 7) is 6.77. The Kier molecular flexibility index (Phi) is 5.37. The van der Waals surface area contributed by atoms with Crippen LogP contribution in [0.5, 0.6) is 5.75 Å². The predicted molar refractivity (Wildman–Crippen MR) is 90.7 cm³/mol. The zero-order valence-corrected chi connectivity index (χ0v) is 14.3. The van der Waals surface area contributed by atoms with E-state index in [1.807, 2.05) is 5.38 Å². The number of carbonyl (C=O) groups excluding carboxylic acids is 1. The first-order chi connectivity index (χ1) is 10.5. The molecule has 0 spiro atoms. The Morgan fingerprint density at radius 1 is 1.18 bits per heavy atom. The molecule has 4 heteroatoms. The first-order valence-electron chi connectivity index (χ1n) is 7.24. The maximum Gasteiger partial charge on any atom is 0.188 e. The molecule has 0 amide bonds. The largest absolute Gasteiger partial charge is 0.466 e. The smallest absolute Gasteiger partial charge is 0.188 e. The number of thiophene rings is 1. The number of benzene rings is 1. The van der Waals surface area contributed by atoms with Gasteiger partial charge in [0.05, 0.1) is 4.88 Å². The van der Waals surface area contributed by atoms with Crippen molar-refractivity contribution in [2.75, 3.05) is 13.9 Å². The SMILES string of the molecule is COCOc1c(CC=O)csc1-c1ccc(C(C)(C)C)cc1. The Balaban J connectivity index is 2.36. The number of methoxy groups -OCH3 is 1. The fourth-order valence-electron chi connectivity index (χ4n) is 2.21. The van der Waals surface area contributed by atoms with Gasteiger partial charge in [-0.15, -0.1) is 11.3 Å². The van der Waals surface area contributed by atoms with Crippen LogP contribution in [-0.2, 0) is 21.4 Å². The van der Waals surface area contributed by atoms with Crippen molar-refractivity contribution < 1.29 is 14.3 Å². The molecule has 0 radical (unpaired) electrons. The summed E-state index contributed by atoms with van der Waals surface area (Å²) < 4.78 is 10.7. The molecule has 0 fully saturated rings. The number of hydrogen-bond acceptors (Lipinski definition) is 4. The molecule has 0 atom stereocenters. The Labute approximate surface area is 135 Å². The lowest BCUT2D eigenvalue weighted by Gasteiger charge is -2.19. The van der Waals surface area contributed by atoms with Gasteiger partial charge in [-0.1, -0.05) is 45.0 Å². The van der Waals surface area contributed by atoms with Crippen LogP contribution in [0.1, 0.15) is 31.9 Å². The Bertz CT molecular complexity index is 621. The van der Waals surface area contributed by atoms with Crippen molar-refractivity contribution in [3.05, 3.63) is 40.8 Å². The van der Waals surface area contributed by atoms with Crippen molar-refractivity contribution in [3.8, 4) is 16.2 Å². The van der Waals surface area contributed by atoms with E-state index in [0.29, 0.717) is 6.42 Å². The van der Waals surface area contributed by atoms with Gasteiger partial charge in [-0.2, -0.15) is 0 Å². The summed E-state index contributed by atoms with van der Waals surface area (Å²) in [6, 6.07) is 8.51. The molecular formula is C18H22O3S. The van der Waals surface area contributed by atoms with Crippen LogP contribution in [0.4, 0.5) is 0 Å². The fourth-order valence-corrected chi connectivity index (χ4v) is 3.24. The maximum absolute atomic E-state index is 10.8. The average Bonchev–Trinajstić information content (AvgIpc) is 2.87. The third-order valence-electron chi connectivity index (χ3n) is 3.45. The van der Waals surface area contributed by atoms with Crippen LogP contribution in [0, 0.1) is 0 Å². The molecule has 2 aromatic rings.